The summed E-state index contributed by atoms with van der Waals surface area (Å²) < 4.78 is 31.6. The minimum atomic E-state index is -3.12. The first kappa shape index (κ1) is 26.3. The largest absolute Gasteiger partial charge is 0.370 e. The van der Waals surface area contributed by atoms with E-state index in [0.717, 1.165) is 48.9 Å². The fraction of sp³-hybridized carbons (Fsp3) is 0.600. The van der Waals surface area contributed by atoms with Crippen molar-refractivity contribution in [2.24, 2.45) is 5.92 Å². The quantitative estimate of drug-likeness (QED) is 0.547. The van der Waals surface area contributed by atoms with E-state index in [9.17, 15) is 8.42 Å². The van der Waals surface area contributed by atoms with Crippen LogP contribution in [0.3, 0.4) is 0 Å². The van der Waals surface area contributed by atoms with Crippen LogP contribution in [0.1, 0.15) is 73.9 Å². The van der Waals surface area contributed by atoms with Crippen molar-refractivity contribution in [2.75, 3.05) is 19.3 Å². The van der Waals surface area contributed by atoms with Gasteiger partial charge in [-0.2, -0.15) is 0 Å². The van der Waals surface area contributed by atoms with Gasteiger partial charge in [0.25, 0.3) is 0 Å². The summed E-state index contributed by atoms with van der Waals surface area (Å²) in [5, 5.41) is 1.05. The van der Waals surface area contributed by atoms with Crippen molar-refractivity contribution in [1.82, 2.24) is 25.1 Å². The third-order valence-corrected chi connectivity index (χ3v) is 9.81. The number of nitrogens with zero attached hydrogens (tertiary/aromatic N) is 3. The maximum Gasteiger partial charge on any atom is 0.211 e. The van der Waals surface area contributed by atoms with Crippen LogP contribution in [0.5, 0.6) is 0 Å². The molecule has 1 aliphatic carbocycles. The minimum Gasteiger partial charge on any atom is -0.370 e. The molecule has 2 aromatic rings. The molecular formula is C25H33Cl2N5O3S. The highest BCUT2D eigenvalue weighted by molar-refractivity contribution is 7.88. The van der Waals surface area contributed by atoms with Gasteiger partial charge in [0.15, 0.2) is 0 Å². The average Bonchev–Trinajstić information content (AvgIpc) is 3.27. The van der Waals surface area contributed by atoms with Crippen molar-refractivity contribution < 1.29 is 13.2 Å². The number of fused-ring (bicyclic) bond motifs is 1. The first-order chi connectivity index (χ1) is 17.2. The molecule has 3 aliphatic rings. The summed E-state index contributed by atoms with van der Waals surface area (Å²) >= 11 is 12.7. The molecule has 196 valence electrons. The molecule has 0 bridgehead atoms. The summed E-state index contributed by atoms with van der Waals surface area (Å²) in [6.45, 7) is 3.10. The second kappa shape index (κ2) is 10.8. The van der Waals surface area contributed by atoms with Crippen LogP contribution in [0.15, 0.2) is 30.7 Å². The van der Waals surface area contributed by atoms with Crippen molar-refractivity contribution in [1.29, 1.82) is 0 Å². The number of sulfonamides is 1. The maximum absolute atomic E-state index is 11.8. The SMILES string of the molecule is C[C@@H](OC1CCC2NNC(c3ccc(C4CCN(S(C)(=O)=O)CC4)nc3)C2C1)c1c(Cl)cncc1Cl. The standard InChI is InChI=1S/C25H33Cl2N5O3S/c1-15(24-20(26)13-28-14-21(24)27)35-18-4-6-23-19(11-18)25(31-30-23)17-3-5-22(29-12-17)16-7-9-32(10-8-16)36(2,33)34/h3,5,12-16,18-19,23,25,30-31H,4,6-11H2,1-2H3/t15-,18?,19?,23?,25?/m1/s1. The van der Waals surface area contributed by atoms with E-state index in [1.807, 2.05) is 13.1 Å². The summed E-state index contributed by atoms with van der Waals surface area (Å²) in [4.78, 5) is 8.84. The summed E-state index contributed by atoms with van der Waals surface area (Å²) in [5.74, 6) is 0.672. The van der Waals surface area contributed by atoms with Gasteiger partial charge in [-0.05, 0) is 56.6 Å². The first-order valence-corrected chi connectivity index (χ1v) is 15.2. The van der Waals surface area contributed by atoms with Crippen molar-refractivity contribution >= 4 is 33.2 Å². The number of aromatic nitrogens is 2. The van der Waals surface area contributed by atoms with E-state index in [-0.39, 0.29) is 18.2 Å². The number of nitrogens with one attached hydrogen (secondary N) is 2. The topological polar surface area (TPSA) is 96.5 Å². The number of rotatable bonds is 6. The minimum absolute atomic E-state index is 0.109. The zero-order valence-electron chi connectivity index (χ0n) is 20.5. The molecule has 0 radical (unpaired) electrons. The van der Waals surface area contributed by atoms with Gasteiger partial charge in [-0.3, -0.25) is 15.4 Å². The summed E-state index contributed by atoms with van der Waals surface area (Å²) in [7, 11) is -3.12. The number of ether oxygens (including phenoxy) is 1. The lowest BCUT2D eigenvalue weighted by Gasteiger charge is -2.35. The Bertz CT molecular complexity index is 1150. The molecule has 0 aromatic carbocycles. The monoisotopic (exact) mass is 553 g/mol. The van der Waals surface area contributed by atoms with E-state index in [2.05, 4.69) is 28.0 Å². The Balaban J connectivity index is 1.22. The molecular weight excluding hydrogens is 521 g/mol. The average molecular weight is 555 g/mol. The van der Waals surface area contributed by atoms with Gasteiger partial charge in [-0.15, -0.1) is 0 Å². The highest BCUT2D eigenvalue weighted by Crippen LogP contribution is 2.41. The van der Waals surface area contributed by atoms with Crippen molar-refractivity contribution in [2.45, 2.75) is 69.2 Å². The number of halogens is 2. The number of pyridine rings is 2. The molecule has 36 heavy (non-hydrogen) atoms. The van der Waals surface area contributed by atoms with Crippen molar-refractivity contribution in [3.05, 3.63) is 57.6 Å². The zero-order chi connectivity index (χ0) is 25.4. The van der Waals surface area contributed by atoms with Crippen LogP contribution < -0.4 is 10.9 Å². The second-order valence-electron chi connectivity index (χ2n) is 10.2. The Labute approximate surface area is 223 Å². The summed E-state index contributed by atoms with van der Waals surface area (Å²) in [6.07, 6.45) is 10.9. The van der Waals surface area contributed by atoms with E-state index in [4.69, 9.17) is 32.9 Å². The molecule has 4 unspecified atom stereocenters. The molecule has 2 saturated heterocycles. The predicted octanol–water partition coefficient (Wildman–Crippen LogP) is 4.39. The number of piperidine rings is 1. The van der Waals surface area contributed by atoms with Crippen molar-refractivity contribution in [3.63, 3.8) is 0 Å². The highest BCUT2D eigenvalue weighted by Gasteiger charge is 2.42. The molecule has 11 heteroatoms. The summed E-state index contributed by atoms with van der Waals surface area (Å²) in [5.41, 5.74) is 9.96. The molecule has 5 atom stereocenters. The third-order valence-electron chi connectivity index (χ3n) is 7.91. The predicted molar refractivity (Wildman–Crippen MR) is 140 cm³/mol. The van der Waals surface area contributed by atoms with Gasteiger partial charge in [-0.25, -0.2) is 18.1 Å². The lowest BCUT2D eigenvalue weighted by molar-refractivity contribution is -0.0370. The first-order valence-electron chi connectivity index (χ1n) is 12.6. The number of hydrazine groups is 1. The fourth-order valence-corrected chi connectivity index (χ4v) is 7.51. The molecule has 2 aromatic heterocycles. The Hall–Kier alpha value is -1.33. The number of hydrogen-bond donors (Lipinski definition) is 2. The van der Waals surface area contributed by atoms with Crippen LogP contribution in [-0.4, -0.2) is 54.2 Å². The number of hydrogen-bond acceptors (Lipinski definition) is 7. The van der Waals surface area contributed by atoms with E-state index in [1.54, 1.807) is 16.7 Å². The Morgan fingerprint density at radius 2 is 1.78 bits per heavy atom. The fourth-order valence-electron chi connectivity index (χ4n) is 5.96. The normalized spacial score (nSPS) is 28.7. The van der Waals surface area contributed by atoms with Gasteiger partial charge in [0, 0.05) is 54.9 Å². The Morgan fingerprint density at radius 3 is 2.42 bits per heavy atom. The van der Waals surface area contributed by atoms with E-state index >= 15 is 0 Å². The van der Waals surface area contributed by atoms with E-state index < -0.39 is 10.0 Å². The molecule has 2 aliphatic heterocycles. The van der Waals surface area contributed by atoms with Crippen LogP contribution in [0.25, 0.3) is 0 Å². The van der Waals surface area contributed by atoms with Gasteiger partial charge in [0.1, 0.15) is 0 Å². The maximum atomic E-state index is 11.8. The van der Waals surface area contributed by atoms with E-state index in [0.29, 0.717) is 41.0 Å². The molecule has 2 N–H and O–H groups in total. The lowest BCUT2D eigenvalue weighted by Crippen LogP contribution is -2.37. The zero-order valence-corrected chi connectivity index (χ0v) is 22.9. The Morgan fingerprint density at radius 1 is 1.06 bits per heavy atom. The van der Waals surface area contributed by atoms with Crippen LogP contribution in [0.4, 0.5) is 0 Å². The lowest BCUT2D eigenvalue weighted by atomic mass is 9.78. The molecule has 1 saturated carbocycles. The molecule has 3 fully saturated rings. The van der Waals surface area contributed by atoms with Crippen LogP contribution in [-0.2, 0) is 14.8 Å². The van der Waals surface area contributed by atoms with Crippen LogP contribution in [0.2, 0.25) is 10.0 Å². The van der Waals surface area contributed by atoms with Gasteiger partial charge >= 0.3 is 0 Å². The van der Waals surface area contributed by atoms with E-state index in [1.165, 1.54) is 6.26 Å². The van der Waals surface area contributed by atoms with Crippen LogP contribution >= 0.6 is 23.2 Å². The molecule has 8 nitrogen and oxygen atoms in total. The summed E-state index contributed by atoms with van der Waals surface area (Å²) in [6, 6.07) is 4.81. The third kappa shape index (κ3) is 5.57. The smallest absolute Gasteiger partial charge is 0.211 e. The molecule has 0 spiro atoms. The van der Waals surface area contributed by atoms with Gasteiger partial charge in [0.05, 0.1) is 34.6 Å². The van der Waals surface area contributed by atoms with Gasteiger partial charge in [-0.1, -0.05) is 29.3 Å². The van der Waals surface area contributed by atoms with Crippen molar-refractivity contribution in [3.8, 4) is 0 Å². The van der Waals surface area contributed by atoms with Gasteiger partial charge < -0.3 is 4.74 Å². The van der Waals surface area contributed by atoms with Gasteiger partial charge in [0.2, 0.25) is 10.0 Å². The molecule has 4 heterocycles. The Kier molecular flexibility index (Phi) is 7.89. The molecule has 0 amide bonds. The highest BCUT2D eigenvalue weighted by atomic mass is 35.5. The van der Waals surface area contributed by atoms with Crippen LogP contribution in [0, 0.1) is 5.92 Å². The second-order valence-corrected chi connectivity index (χ2v) is 13.0. The molecule has 5 rings (SSSR count).